The van der Waals surface area contributed by atoms with Crippen LogP contribution in [0.15, 0.2) is 42.9 Å². The lowest BCUT2D eigenvalue weighted by atomic mass is 10.2. The van der Waals surface area contributed by atoms with E-state index in [9.17, 15) is 0 Å². The highest BCUT2D eigenvalue weighted by Gasteiger charge is 2.13. The number of ether oxygens (including phenoxy) is 1. The summed E-state index contributed by atoms with van der Waals surface area (Å²) in [5.74, 6) is 1.71. The van der Waals surface area contributed by atoms with E-state index in [1.54, 1.807) is 12.5 Å². The van der Waals surface area contributed by atoms with Crippen LogP contribution >= 0.6 is 11.6 Å². The molecule has 1 aromatic rings. The van der Waals surface area contributed by atoms with E-state index >= 15 is 0 Å². The largest absolute Gasteiger partial charge is 0.494 e. The Balaban J connectivity index is 1.92. The predicted molar refractivity (Wildman–Crippen MR) is 78.4 cm³/mol. The van der Waals surface area contributed by atoms with Gasteiger partial charge in [0.15, 0.2) is 0 Å². The van der Waals surface area contributed by atoms with E-state index in [0.717, 1.165) is 22.7 Å². The predicted octanol–water partition coefficient (Wildman–Crippen LogP) is 3.48. The van der Waals surface area contributed by atoms with Crippen molar-refractivity contribution >= 4 is 11.6 Å². The summed E-state index contributed by atoms with van der Waals surface area (Å²) < 4.78 is 7.49. The van der Waals surface area contributed by atoms with Crippen molar-refractivity contribution in [2.45, 2.75) is 13.5 Å². The minimum absolute atomic E-state index is 0.483. The molecule has 2 heterocycles. The Bertz CT molecular complexity index is 695. The van der Waals surface area contributed by atoms with Crippen molar-refractivity contribution in [3.05, 3.63) is 53.6 Å². The Labute approximate surface area is 122 Å². The maximum absolute atomic E-state index is 6.06. The molecule has 0 spiro atoms. The van der Waals surface area contributed by atoms with Crippen molar-refractivity contribution in [1.29, 1.82) is 0 Å². The van der Waals surface area contributed by atoms with Gasteiger partial charge in [0, 0.05) is 6.20 Å². The minimum atomic E-state index is 0.483. The van der Waals surface area contributed by atoms with Gasteiger partial charge in [-0.15, -0.1) is 0 Å². The van der Waals surface area contributed by atoms with Gasteiger partial charge in [0.1, 0.15) is 16.7 Å². The van der Waals surface area contributed by atoms with E-state index in [1.165, 1.54) is 0 Å². The van der Waals surface area contributed by atoms with Crippen LogP contribution in [0, 0.1) is 0 Å². The third-order valence-corrected chi connectivity index (χ3v) is 3.35. The second-order valence-electron chi connectivity index (χ2n) is 4.43. The quantitative estimate of drug-likeness (QED) is 0.690. The fourth-order valence-corrected chi connectivity index (χ4v) is 2.36. The number of benzene rings is 1. The van der Waals surface area contributed by atoms with Gasteiger partial charge in [-0.25, -0.2) is 9.97 Å². The molecule has 0 radical (unpaired) electrons. The van der Waals surface area contributed by atoms with Crippen LogP contribution in [-0.4, -0.2) is 21.1 Å². The maximum atomic E-state index is 6.06. The molecule has 0 saturated carbocycles. The number of hydrogen-bond acceptors (Lipinski definition) is 3. The molecule has 102 valence electrons. The number of aromatic nitrogens is 3. The van der Waals surface area contributed by atoms with E-state index in [4.69, 9.17) is 16.3 Å². The molecule has 0 unspecified atom stereocenters. The van der Waals surface area contributed by atoms with Crippen LogP contribution in [0.4, 0.5) is 0 Å². The van der Waals surface area contributed by atoms with Crippen molar-refractivity contribution in [3.63, 3.8) is 0 Å². The summed E-state index contributed by atoms with van der Waals surface area (Å²) in [6.45, 7) is 3.31. The van der Waals surface area contributed by atoms with Crippen LogP contribution in [0.1, 0.15) is 12.5 Å². The Morgan fingerprint density at radius 2 is 2.15 bits per heavy atom. The standard InChI is InChI=1S/C15H14ClN3O/c1-2-20-12-5-3-4-11(8-12)9-19-10-18-14(16)13-6-7-17-15(13)19/h3-8,10H,2,9H2,1H3. The average molecular weight is 288 g/mol. The van der Waals surface area contributed by atoms with Gasteiger partial charge >= 0.3 is 0 Å². The summed E-state index contributed by atoms with van der Waals surface area (Å²) >= 11 is 6.06. The molecular formula is C15H14ClN3O. The number of halogens is 1. The van der Waals surface area contributed by atoms with Crippen molar-refractivity contribution in [2.24, 2.45) is 0 Å². The molecule has 4 nitrogen and oxygen atoms in total. The number of hydrogen-bond donors (Lipinski definition) is 0. The van der Waals surface area contributed by atoms with Gasteiger partial charge < -0.3 is 9.30 Å². The smallest absolute Gasteiger partial charge is 0.144 e. The monoisotopic (exact) mass is 287 g/mol. The summed E-state index contributed by atoms with van der Waals surface area (Å²) in [5.41, 5.74) is 2.00. The number of nitrogens with zero attached hydrogens (tertiary/aromatic N) is 3. The van der Waals surface area contributed by atoms with Gasteiger partial charge in [-0.05, 0) is 30.7 Å². The fourth-order valence-electron chi connectivity index (χ4n) is 2.17. The molecule has 0 atom stereocenters. The Morgan fingerprint density at radius 1 is 1.25 bits per heavy atom. The van der Waals surface area contributed by atoms with Gasteiger partial charge in [-0.2, -0.15) is 0 Å². The van der Waals surface area contributed by atoms with E-state index in [1.807, 2.05) is 35.8 Å². The zero-order valence-corrected chi connectivity index (χ0v) is 11.8. The van der Waals surface area contributed by atoms with Crippen molar-refractivity contribution in [3.8, 4) is 17.1 Å². The van der Waals surface area contributed by atoms with Crippen LogP contribution in [0.3, 0.4) is 0 Å². The lowest BCUT2D eigenvalue weighted by molar-refractivity contribution is 0.340. The van der Waals surface area contributed by atoms with Crippen molar-refractivity contribution in [2.75, 3.05) is 6.61 Å². The topological polar surface area (TPSA) is 39.9 Å². The fraction of sp³-hybridized carbons (Fsp3) is 0.200. The second kappa shape index (κ2) is 5.51. The number of rotatable bonds is 4. The van der Waals surface area contributed by atoms with Crippen LogP contribution < -0.4 is 4.74 Å². The third-order valence-electron chi connectivity index (χ3n) is 3.05. The first-order valence-electron chi connectivity index (χ1n) is 6.45. The first kappa shape index (κ1) is 12.9. The van der Waals surface area contributed by atoms with Crippen molar-refractivity contribution in [1.82, 2.24) is 14.5 Å². The summed E-state index contributed by atoms with van der Waals surface area (Å²) in [7, 11) is 0. The molecule has 0 saturated heterocycles. The molecule has 0 bridgehead atoms. The maximum Gasteiger partial charge on any atom is 0.144 e. The average Bonchev–Trinajstić information content (AvgIpc) is 2.93. The zero-order chi connectivity index (χ0) is 13.9. The normalized spacial score (nSPS) is 10.9. The molecule has 2 aliphatic rings. The summed E-state index contributed by atoms with van der Waals surface area (Å²) in [5, 5.41) is 0.483. The van der Waals surface area contributed by atoms with Gasteiger partial charge in [-0.1, -0.05) is 23.7 Å². The first-order valence-corrected chi connectivity index (χ1v) is 6.83. The highest BCUT2D eigenvalue weighted by atomic mass is 35.5. The van der Waals surface area contributed by atoms with E-state index in [2.05, 4.69) is 16.0 Å². The first-order chi connectivity index (χ1) is 9.78. The molecule has 5 heteroatoms. The molecule has 0 aromatic heterocycles. The molecule has 2 aliphatic heterocycles. The highest BCUT2D eigenvalue weighted by molar-refractivity contribution is 6.32. The molecular weight excluding hydrogens is 274 g/mol. The van der Waals surface area contributed by atoms with Crippen LogP contribution in [0.2, 0.25) is 5.15 Å². The molecule has 3 rings (SSSR count). The molecule has 0 N–H and O–H groups in total. The van der Waals surface area contributed by atoms with Gasteiger partial charge in [-0.3, -0.25) is 0 Å². The molecule has 0 aliphatic carbocycles. The lowest BCUT2D eigenvalue weighted by Crippen LogP contribution is -2.06. The van der Waals surface area contributed by atoms with Gasteiger partial charge in [0.25, 0.3) is 0 Å². The molecule has 1 aromatic carbocycles. The Morgan fingerprint density at radius 3 is 3.00 bits per heavy atom. The molecule has 0 fully saturated rings. The lowest BCUT2D eigenvalue weighted by Gasteiger charge is -2.12. The summed E-state index contributed by atoms with van der Waals surface area (Å²) in [6, 6.07) is 9.89. The third kappa shape index (κ3) is 2.47. The Hall–Kier alpha value is -2.07. The SMILES string of the molecule is CCOc1cccc(Cn2cnc(Cl)c3ccnc2-3)c1. The Kier molecular flexibility index (Phi) is 3.56. The molecule has 0 amide bonds. The second-order valence-corrected chi connectivity index (χ2v) is 4.78. The molecule has 20 heavy (non-hydrogen) atoms. The van der Waals surface area contributed by atoms with Crippen LogP contribution in [0.5, 0.6) is 5.75 Å². The highest BCUT2D eigenvalue weighted by Crippen LogP contribution is 2.27. The van der Waals surface area contributed by atoms with Gasteiger partial charge in [0.2, 0.25) is 0 Å². The van der Waals surface area contributed by atoms with Crippen LogP contribution in [0.25, 0.3) is 11.4 Å². The van der Waals surface area contributed by atoms with E-state index in [-0.39, 0.29) is 0 Å². The minimum Gasteiger partial charge on any atom is -0.494 e. The zero-order valence-electron chi connectivity index (χ0n) is 11.1. The summed E-state index contributed by atoms with van der Waals surface area (Å²) in [4.78, 5) is 8.53. The summed E-state index contributed by atoms with van der Waals surface area (Å²) in [6.07, 6.45) is 3.45. The van der Waals surface area contributed by atoms with Crippen molar-refractivity contribution < 1.29 is 4.74 Å². The van der Waals surface area contributed by atoms with Gasteiger partial charge in [0.05, 0.1) is 25.0 Å². The van der Waals surface area contributed by atoms with E-state index in [0.29, 0.717) is 18.3 Å². The van der Waals surface area contributed by atoms with E-state index < -0.39 is 0 Å². The number of fused-ring (bicyclic) bond motifs is 1. The van der Waals surface area contributed by atoms with Crippen LogP contribution in [-0.2, 0) is 6.54 Å².